The van der Waals surface area contributed by atoms with E-state index in [1.165, 1.54) is 12.8 Å². The van der Waals surface area contributed by atoms with Crippen LogP contribution in [0.2, 0.25) is 0 Å². The molecule has 94 valence electrons. The Morgan fingerprint density at radius 1 is 1.35 bits per heavy atom. The molecule has 0 aromatic heterocycles. The van der Waals surface area contributed by atoms with E-state index in [4.69, 9.17) is 9.47 Å². The zero-order valence-electron chi connectivity index (χ0n) is 10.6. The molecule has 1 aromatic rings. The molecular formula is C14H21NO2. The molecule has 2 atom stereocenters. The zero-order chi connectivity index (χ0) is 12.1. The molecule has 3 nitrogen and oxygen atoms in total. The minimum Gasteiger partial charge on any atom is -0.497 e. The van der Waals surface area contributed by atoms with Crippen LogP contribution in [-0.4, -0.2) is 26.3 Å². The standard InChI is InChI=1S/C14H21NO2/c1-11(12-5-4-8-15-10-12)17-14-7-3-6-13(9-14)16-2/h3,6-7,9,11-12,15H,4-5,8,10H2,1-2H3. The number of benzene rings is 1. The molecule has 0 radical (unpaired) electrons. The summed E-state index contributed by atoms with van der Waals surface area (Å²) in [5.41, 5.74) is 0. The van der Waals surface area contributed by atoms with E-state index in [1.807, 2.05) is 24.3 Å². The van der Waals surface area contributed by atoms with Crippen LogP contribution in [-0.2, 0) is 0 Å². The predicted molar refractivity (Wildman–Crippen MR) is 68.7 cm³/mol. The van der Waals surface area contributed by atoms with Crippen LogP contribution < -0.4 is 14.8 Å². The topological polar surface area (TPSA) is 30.5 Å². The van der Waals surface area contributed by atoms with Gasteiger partial charge in [0.05, 0.1) is 13.2 Å². The summed E-state index contributed by atoms with van der Waals surface area (Å²) < 4.78 is 11.2. The lowest BCUT2D eigenvalue weighted by atomic mass is 9.95. The third-order valence-corrected chi connectivity index (χ3v) is 3.36. The zero-order valence-corrected chi connectivity index (χ0v) is 10.6. The number of nitrogens with one attached hydrogen (secondary N) is 1. The van der Waals surface area contributed by atoms with Gasteiger partial charge < -0.3 is 14.8 Å². The van der Waals surface area contributed by atoms with Crippen LogP contribution in [0.15, 0.2) is 24.3 Å². The van der Waals surface area contributed by atoms with Crippen molar-refractivity contribution in [2.45, 2.75) is 25.9 Å². The second-order valence-electron chi connectivity index (χ2n) is 4.61. The molecular weight excluding hydrogens is 214 g/mol. The first kappa shape index (κ1) is 12.2. The molecule has 0 saturated carbocycles. The summed E-state index contributed by atoms with van der Waals surface area (Å²) >= 11 is 0. The molecule has 0 amide bonds. The normalized spacial score (nSPS) is 21.9. The minimum absolute atomic E-state index is 0.245. The van der Waals surface area contributed by atoms with Crippen LogP contribution in [0.3, 0.4) is 0 Å². The van der Waals surface area contributed by atoms with Gasteiger partial charge in [-0.1, -0.05) is 6.07 Å². The Hall–Kier alpha value is -1.22. The molecule has 1 heterocycles. The van der Waals surface area contributed by atoms with Gasteiger partial charge in [-0.25, -0.2) is 0 Å². The molecule has 1 N–H and O–H groups in total. The number of hydrogen-bond acceptors (Lipinski definition) is 3. The molecule has 0 aliphatic carbocycles. The molecule has 2 unspecified atom stereocenters. The molecule has 1 fully saturated rings. The van der Waals surface area contributed by atoms with Gasteiger partial charge in [0.2, 0.25) is 0 Å². The van der Waals surface area contributed by atoms with Gasteiger partial charge in [-0.05, 0) is 38.4 Å². The van der Waals surface area contributed by atoms with E-state index in [2.05, 4.69) is 12.2 Å². The van der Waals surface area contributed by atoms with Crippen molar-refractivity contribution in [1.29, 1.82) is 0 Å². The first-order chi connectivity index (χ1) is 8.29. The Morgan fingerprint density at radius 2 is 2.18 bits per heavy atom. The van der Waals surface area contributed by atoms with Crippen molar-refractivity contribution >= 4 is 0 Å². The summed E-state index contributed by atoms with van der Waals surface area (Å²) in [6.45, 7) is 4.35. The molecule has 1 saturated heterocycles. The van der Waals surface area contributed by atoms with E-state index in [1.54, 1.807) is 7.11 Å². The van der Waals surface area contributed by atoms with Crippen LogP contribution in [0.25, 0.3) is 0 Å². The number of ether oxygens (including phenoxy) is 2. The highest BCUT2D eigenvalue weighted by Crippen LogP contribution is 2.23. The molecule has 3 heteroatoms. The Bertz CT molecular complexity index is 348. The average molecular weight is 235 g/mol. The van der Waals surface area contributed by atoms with Gasteiger partial charge in [-0.15, -0.1) is 0 Å². The van der Waals surface area contributed by atoms with Gasteiger partial charge in [0.1, 0.15) is 11.5 Å². The highest BCUT2D eigenvalue weighted by molar-refractivity contribution is 5.32. The maximum atomic E-state index is 5.98. The van der Waals surface area contributed by atoms with Crippen LogP contribution >= 0.6 is 0 Å². The van der Waals surface area contributed by atoms with Crippen molar-refractivity contribution in [3.63, 3.8) is 0 Å². The Morgan fingerprint density at radius 3 is 2.88 bits per heavy atom. The number of rotatable bonds is 4. The van der Waals surface area contributed by atoms with Gasteiger partial charge in [0, 0.05) is 18.5 Å². The molecule has 2 rings (SSSR count). The lowest BCUT2D eigenvalue weighted by molar-refractivity contribution is 0.131. The van der Waals surface area contributed by atoms with Gasteiger partial charge in [0.15, 0.2) is 0 Å². The number of piperidine rings is 1. The van der Waals surface area contributed by atoms with Crippen molar-refractivity contribution in [3.8, 4) is 11.5 Å². The van der Waals surface area contributed by atoms with E-state index in [0.29, 0.717) is 5.92 Å². The summed E-state index contributed by atoms with van der Waals surface area (Å²) in [6, 6.07) is 7.81. The van der Waals surface area contributed by atoms with Crippen molar-refractivity contribution in [2.24, 2.45) is 5.92 Å². The average Bonchev–Trinajstić information content (AvgIpc) is 2.40. The van der Waals surface area contributed by atoms with Crippen LogP contribution in [0.1, 0.15) is 19.8 Å². The van der Waals surface area contributed by atoms with E-state index in [0.717, 1.165) is 24.6 Å². The van der Waals surface area contributed by atoms with Crippen LogP contribution in [0.5, 0.6) is 11.5 Å². The van der Waals surface area contributed by atoms with Gasteiger partial charge in [-0.3, -0.25) is 0 Å². The van der Waals surface area contributed by atoms with Gasteiger partial charge >= 0.3 is 0 Å². The summed E-state index contributed by atoms with van der Waals surface area (Å²) in [5.74, 6) is 2.34. The van der Waals surface area contributed by atoms with Crippen LogP contribution in [0.4, 0.5) is 0 Å². The lowest BCUT2D eigenvalue weighted by Gasteiger charge is -2.28. The first-order valence-electron chi connectivity index (χ1n) is 6.31. The molecule has 1 aromatic carbocycles. The summed E-state index contributed by atoms with van der Waals surface area (Å²) in [7, 11) is 1.67. The molecule has 1 aliphatic rings. The summed E-state index contributed by atoms with van der Waals surface area (Å²) in [5, 5.41) is 3.42. The second-order valence-corrected chi connectivity index (χ2v) is 4.61. The summed E-state index contributed by atoms with van der Waals surface area (Å²) in [6.07, 6.45) is 2.74. The molecule has 1 aliphatic heterocycles. The monoisotopic (exact) mass is 235 g/mol. The minimum atomic E-state index is 0.245. The summed E-state index contributed by atoms with van der Waals surface area (Å²) in [4.78, 5) is 0. The van der Waals surface area contributed by atoms with Crippen molar-refractivity contribution in [2.75, 3.05) is 20.2 Å². The third kappa shape index (κ3) is 3.37. The first-order valence-corrected chi connectivity index (χ1v) is 6.31. The van der Waals surface area contributed by atoms with Crippen molar-refractivity contribution < 1.29 is 9.47 Å². The number of methoxy groups -OCH3 is 1. The van der Waals surface area contributed by atoms with Crippen LogP contribution in [0, 0.1) is 5.92 Å². The predicted octanol–water partition coefficient (Wildman–Crippen LogP) is 2.46. The Kier molecular flexibility index (Phi) is 4.26. The maximum absolute atomic E-state index is 5.98. The molecule has 17 heavy (non-hydrogen) atoms. The Labute approximate surface area is 103 Å². The van der Waals surface area contributed by atoms with E-state index >= 15 is 0 Å². The highest BCUT2D eigenvalue weighted by atomic mass is 16.5. The molecule has 0 spiro atoms. The quantitative estimate of drug-likeness (QED) is 0.869. The SMILES string of the molecule is COc1cccc(OC(C)C2CCCNC2)c1. The van der Waals surface area contributed by atoms with Crippen molar-refractivity contribution in [3.05, 3.63) is 24.3 Å². The van der Waals surface area contributed by atoms with E-state index < -0.39 is 0 Å². The fourth-order valence-corrected chi connectivity index (χ4v) is 2.26. The largest absolute Gasteiger partial charge is 0.497 e. The lowest BCUT2D eigenvalue weighted by Crippen LogP contribution is -2.37. The van der Waals surface area contributed by atoms with Gasteiger partial charge in [-0.2, -0.15) is 0 Å². The smallest absolute Gasteiger partial charge is 0.123 e. The van der Waals surface area contributed by atoms with E-state index in [9.17, 15) is 0 Å². The number of hydrogen-bond donors (Lipinski definition) is 1. The highest BCUT2D eigenvalue weighted by Gasteiger charge is 2.21. The maximum Gasteiger partial charge on any atom is 0.123 e. The van der Waals surface area contributed by atoms with Gasteiger partial charge in [0.25, 0.3) is 0 Å². The van der Waals surface area contributed by atoms with Crippen molar-refractivity contribution in [1.82, 2.24) is 5.32 Å². The van der Waals surface area contributed by atoms with E-state index in [-0.39, 0.29) is 6.10 Å². The Balaban J connectivity index is 1.94. The molecule has 0 bridgehead atoms. The fourth-order valence-electron chi connectivity index (χ4n) is 2.26. The third-order valence-electron chi connectivity index (χ3n) is 3.36. The second kappa shape index (κ2) is 5.92. The fraction of sp³-hybridized carbons (Fsp3) is 0.571.